The molecule has 0 saturated carbocycles. The molecular formula is C29H33FN6O3S. The van der Waals surface area contributed by atoms with Crippen LogP contribution in [0.3, 0.4) is 0 Å². The Hall–Kier alpha value is -4.09. The summed E-state index contributed by atoms with van der Waals surface area (Å²) in [7, 11) is -0.750. The molecule has 0 saturated heterocycles. The fraction of sp³-hybridized carbons (Fsp3) is 0.276. The van der Waals surface area contributed by atoms with E-state index in [1.807, 2.05) is 30.5 Å². The van der Waals surface area contributed by atoms with E-state index in [1.165, 1.54) is 12.4 Å². The number of fused-ring (bicyclic) bond motifs is 1. The van der Waals surface area contributed by atoms with Gasteiger partial charge in [-0.15, -0.1) is 0 Å². The number of nitrogens with one attached hydrogen (secondary N) is 1. The summed E-state index contributed by atoms with van der Waals surface area (Å²) >= 11 is 0. The number of carbonyl (C=O) groups excluding carboxylic acids is 1. The van der Waals surface area contributed by atoms with Crippen LogP contribution >= 0.6 is 0 Å². The van der Waals surface area contributed by atoms with Gasteiger partial charge in [-0.05, 0) is 42.8 Å². The Kier molecular flexibility index (Phi) is 8.65. The third-order valence-electron chi connectivity index (χ3n) is 6.59. The Morgan fingerprint density at radius 2 is 1.88 bits per heavy atom. The minimum atomic E-state index is -2.34. The molecule has 3 N–H and O–H groups in total. The molecule has 2 heterocycles. The number of rotatable bonds is 10. The van der Waals surface area contributed by atoms with Crippen molar-refractivity contribution in [3.63, 3.8) is 0 Å². The molecule has 0 fully saturated rings. The Morgan fingerprint density at radius 3 is 2.48 bits per heavy atom. The van der Waals surface area contributed by atoms with Crippen molar-refractivity contribution in [2.45, 2.75) is 27.3 Å². The Morgan fingerprint density at radius 1 is 1.18 bits per heavy atom. The summed E-state index contributed by atoms with van der Waals surface area (Å²) in [6.07, 6.45) is 1.37. The normalized spacial score (nSPS) is 11.5. The average Bonchev–Trinajstić information content (AvgIpc) is 3.27. The number of benzene rings is 2. The van der Waals surface area contributed by atoms with E-state index in [1.54, 1.807) is 38.3 Å². The minimum absolute atomic E-state index is 0.247. The quantitative estimate of drug-likeness (QED) is 0.235. The van der Waals surface area contributed by atoms with Crippen molar-refractivity contribution in [2.24, 2.45) is 4.36 Å². The van der Waals surface area contributed by atoms with Crippen LogP contribution in [0.4, 0.5) is 21.6 Å². The van der Waals surface area contributed by atoms with Crippen LogP contribution in [0.5, 0.6) is 0 Å². The van der Waals surface area contributed by atoms with Crippen LogP contribution in [0, 0.1) is 5.82 Å². The summed E-state index contributed by atoms with van der Waals surface area (Å²) in [5.74, 6) is 0.213. The number of carbonyl (C=O) groups is 1. The molecule has 0 atom stereocenters. The highest BCUT2D eigenvalue weighted by Gasteiger charge is 2.25. The topological polar surface area (TPSA) is 124 Å². The molecule has 1 amide bonds. The SMILES string of the molecule is C=C(C)C(=O)Nc1ccc(-c2c(-c3ccc(N=S(=O)(CC)CC)cc3)c3c(N)ncnc3n2CCOC)c(F)c1. The molecule has 40 heavy (non-hydrogen) atoms. The Balaban J connectivity index is 1.97. The van der Waals surface area contributed by atoms with E-state index in [9.17, 15) is 9.00 Å². The zero-order chi connectivity index (χ0) is 29.0. The lowest BCUT2D eigenvalue weighted by atomic mass is 9.98. The second kappa shape index (κ2) is 12.0. The minimum Gasteiger partial charge on any atom is -0.383 e. The molecule has 0 unspecified atom stereocenters. The van der Waals surface area contributed by atoms with Crippen LogP contribution < -0.4 is 11.1 Å². The summed E-state index contributed by atoms with van der Waals surface area (Å²) in [5, 5.41) is 3.22. The van der Waals surface area contributed by atoms with Crippen molar-refractivity contribution < 1.29 is 18.1 Å². The smallest absolute Gasteiger partial charge is 0.250 e. The number of halogens is 1. The largest absolute Gasteiger partial charge is 0.383 e. The molecule has 0 bridgehead atoms. The summed E-state index contributed by atoms with van der Waals surface area (Å²) in [6.45, 7) is 9.63. The van der Waals surface area contributed by atoms with E-state index in [0.29, 0.717) is 63.9 Å². The van der Waals surface area contributed by atoms with Crippen molar-refractivity contribution in [2.75, 3.05) is 36.3 Å². The number of nitrogen functional groups attached to an aromatic ring is 1. The molecular weight excluding hydrogens is 531 g/mol. The molecule has 0 aliphatic carbocycles. The third kappa shape index (κ3) is 5.75. The number of aromatic nitrogens is 3. The number of amides is 1. The lowest BCUT2D eigenvalue weighted by Crippen LogP contribution is -2.12. The third-order valence-corrected chi connectivity index (χ3v) is 8.94. The first-order chi connectivity index (χ1) is 19.1. The highest BCUT2D eigenvalue weighted by atomic mass is 32.2. The van der Waals surface area contributed by atoms with Crippen molar-refractivity contribution in [3.05, 3.63) is 66.8 Å². The predicted octanol–water partition coefficient (Wildman–Crippen LogP) is 5.79. The van der Waals surface area contributed by atoms with E-state index < -0.39 is 21.5 Å². The lowest BCUT2D eigenvalue weighted by molar-refractivity contribution is -0.112. The number of nitrogens with two attached hydrogens (primary N) is 1. The molecule has 2 aromatic heterocycles. The van der Waals surface area contributed by atoms with E-state index in [2.05, 4.69) is 26.2 Å². The molecule has 9 nitrogen and oxygen atoms in total. The van der Waals surface area contributed by atoms with Gasteiger partial charge in [-0.3, -0.25) is 4.79 Å². The maximum absolute atomic E-state index is 15.8. The van der Waals surface area contributed by atoms with Gasteiger partial charge in [-0.2, -0.15) is 4.36 Å². The van der Waals surface area contributed by atoms with Crippen molar-refractivity contribution in [3.8, 4) is 22.4 Å². The van der Waals surface area contributed by atoms with Gasteiger partial charge in [0.1, 0.15) is 23.6 Å². The van der Waals surface area contributed by atoms with Crippen LogP contribution in [0.2, 0.25) is 0 Å². The first kappa shape index (κ1) is 28.9. The van der Waals surface area contributed by atoms with Crippen LogP contribution in [0.1, 0.15) is 20.8 Å². The van der Waals surface area contributed by atoms with Crippen LogP contribution in [0.25, 0.3) is 33.4 Å². The molecule has 4 aromatic rings. The standard InChI is InChI=1S/C29H33FN6O3S/c1-6-40(38,7-2)35-20-10-8-19(9-11-20)24-25-27(31)32-17-33-28(25)36(14-15-39-5)26(24)22-13-12-21(16-23(22)30)34-29(37)18(3)4/h8-13,16-17H,3,6-7,14-15H2,1-2,4-5H3,(H,34,37)(H2,31,32,33). The van der Waals surface area contributed by atoms with Gasteiger partial charge in [0.25, 0.3) is 5.91 Å². The average molecular weight is 565 g/mol. The van der Waals surface area contributed by atoms with Gasteiger partial charge in [-0.1, -0.05) is 32.6 Å². The number of hydrogen-bond acceptors (Lipinski definition) is 7. The maximum atomic E-state index is 15.8. The summed E-state index contributed by atoms with van der Waals surface area (Å²) in [6, 6.07) is 11.8. The van der Waals surface area contributed by atoms with Gasteiger partial charge in [0.2, 0.25) is 0 Å². The highest BCUT2D eigenvalue weighted by molar-refractivity contribution is 7.93. The number of anilines is 2. The van der Waals surface area contributed by atoms with Gasteiger partial charge in [0.05, 0.1) is 33.1 Å². The predicted molar refractivity (Wildman–Crippen MR) is 159 cm³/mol. The number of ether oxygens (including phenoxy) is 1. The van der Waals surface area contributed by atoms with Gasteiger partial charge in [0, 0.05) is 47.5 Å². The second-order valence-electron chi connectivity index (χ2n) is 9.24. The van der Waals surface area contributed by atoms with E-state index >= 15 is 4.39 Å². The first-order valence-electron chi connectivity index (χ1n) is 12.8. The number of nitrogens with zero attached hydrogens (tertiary/aromatic N) is 4. The summed E-state index contributed by atoms with van der Waals surface area (Å²) < 4.78 is 40.4. The lowest BCUT2D eigenvalue weighted by Gasteiger charge is -2.14. The van der Waals surface area contributed by atoms with Crippen LogP contribution in [-0.4, -0.2) is 49.9 Å². The molecule has 210 valence electrons. The number of hydrogen-bond donors (Lipinski definition) is 2. The molecule has 2 aromatic carbocycles. The van der Waals surface area contributed by atoms with Crippen LogP contribution in [-0.2, 0) is 25.8 Å². The fourth-order valence-electron chi connectivity index (χ4n) is 4.39. The summed E-state index contributed by atoms with van der Waals surface area (Å²) in [4.78, 5) is 20.8. The van der Waals surface area contributed by atoms with E-state index in [-0.39, 0.29) is 11.4 Å². The highest BCUT2D eigenvalue weighted by Crippen LogP contribution is 2.43. The van der Waals surface area contributed by atoms with Crippen LogP contribution in [0.15, 0.2) is 65.3 Å². The van der Waals surface area contributed by atoms with Gasteiger partial charge < -0.3 is 20.4 Å². The van der Waals surface area contributed by atoms with Crippen molar-refractivity contribution in [1.29, 1.82) is 0 Å². The molecule has 0 spiro atoms. The van der Waals surface area contributed by atoms with Crippen molar-refractivity contribution in [1.82, 2.24) is 14.5 Å². The zero-order valence-corrected chi connectivity index (χ0v) is 23.8. The molecule has 0 radical (unpaired) electrons. The van der Waals surface area contributed by atoms with Gasteiger partial charge in [-0.25, -0.2) is 18.6 Å². The summed E-state index contributed by atoms with van der Waals surface area (Å²) in [5.41, 5.74) is 10.3. The van der Waals surface area contributed by atoms with Gasteiger partial charge >= 0.3 is 0 Å². The molecule has 0 aliphatic rings. The van der Waals surface area contributed by atoms with E-state index in [4.69, 9.17) is 10.5 Å². The molecule has 4 rings (SSSR count). The molecule has 11 heteroatoms. The Bertz CT molecular complexity index is 1700. The fourth-order valence-corrected chi connectivity index (χ4v) is 5.56. The monoisotopic (exact) mass is 564 g/mol. The zero-order valence-electron chi connectivity index (χ0n) is 23.0. The Labute approximate surface area is 233 Å². The number of methoxy groups -OCH3 is 1. The second-order valence-corrected chi connectivity index (χ2v) is 12.1. The van der Waals surface area contributed by atoms with E-state index in [0.717, 1.165) is 5.56 Å². The van der Waals surface area contributed by atoms with Gasteiger partial charge in [0.15, 0.2) is 0 Å². The maximum Gasteiger partial charge on any atom is 0.250 e. The molecule has 0 aliphatic heterocycles. The van der Waals surface area contributed by atoms with Crippen molar-refractivity contribution >= 4 is 43.9 Å². The first-order valence-corrected chi connectivity index (χ1v) is 14.7.